The Morgan fingerprint density at radius 3 is 2.36 bits per heavy atom. The molecule has 3 aromatic carbocycles. The normalized spacial score (nSPS) is 12.1. The van der Waals surface area contributed by atoms with Crippen LogP contribution in [0, 0.1) is 12.8 Å². The second-order valence-corrected chi connectivity index (χ2v) is 10.2. The lowest BCUT2D eigenvalue weighted by Gasteiger charge is -2.27. The van der Waals surface area contributed by atoms with E-state index in [1.54, 1.807) is 11.8 Å². The third kappa shape index (κ3) is 7.62. The van der Waals surface area contributed by atoms with Gasteiger partial charge in [0, 0.05) is 38.3 Å². The van der Waals surface area contributed by atoms with Crippen molar-refractivity contribution in [2.45, 2.75) is 33.4 Å². The van der Waals surface area contributed by atoms with Crippen LogP contribution < -0.4 is 14.2 Å². The van der Waals surface area contributed by atoms with Gasteiger partial charge in [-0.05, 0) is 36.6 Å². The van der Waals surface area contributed by atoms with Crippen LogP contribution in [0.3, 0.4) is 0 Å². The molecule has 7 heteroatoms. The molecule has 0 bridgehead atoms. The van der Waals surface area contributed by atoms with Crippen LogP contribution in [0.5, 0.6) is 23.1 Å². The molecular formula is C32H39N3O4. The quantitative estimate of drug-likeness (QED) is 0.226. The van der Waals surface area contributed by atoms with Crippen LogP contribution >= 0.6 is 0 Å². The zero-order valence-corrected chi connectivity index (χ0v) is 23.5. The van der Waals surface area contributed by atoms with E-state index in [0.29, 0.717) is 30.6 Å². The third-order valence-electron chi connectivity index (χ3n) is 6.39. The molecule has 4 aromatic rings. The lowest BCUT2D eigenvalue weighted by molar-refractivity contribution is 0.0611. The third-order valence-corrected chi connectivity index (χ3v) is 6.39. The van der Waals surface area contributed by atoms with Crippen molar-refractivity contribution in [2.75, 3.05) is 26.8 Å². The lowest BCUT2D eigenvalue weighted by atomic mass is 10.1. The smallest absolute Gasteiger partial charge is 0.222 e. The van der Waals surface area contributed by atoms with Gasteiger partial charge < -0.3 is 19.3 Å². The first-order chi connectivity index (χ1) is 18.8. The van der Waals surface area contributed by atoms with E-state index in [4.69, 9.17) is 19.3 Å². The molecule has 1 atom stereocenters. The number of methoxy groups -OCH3 is 1. The number of benzene rings is 3. The van der Waals surface area contributed by atoms with Gasteiger partial charge in [-0.2, -0.15) is 5.10 Å². The van der Waals surface area contributed by atoms with Gasteiger partial charge in [-0.1, -0.05) is 68.4 Å². The average Bonchev–Trinajstić information content (AvgIpc) is 3.22. The molecule has 7 nitrogen and oxygen atoms in total. The fourth-order valence-electron chi connectivity index (χ4n) is 4.63. The van der Waals surface area contributed by atoms with E-state index in [1.165, 1.54) is 0 Å². The first-order valence-electron chi connectivity index (χ1n) is 13.4. The molecule has 4 rings (SSSR count). The molecule has 39 heavy (non-hydrogen) atoms. The van der Waals surface area contributed by atoms with E-state index < -0.39 is 6.10 Å². The molecule has 0 unspecified atom stereocenters. The Kier molecular flexibility index (Phi) is 9.63. The summed E-state index contributed by atoms with van der Waals surface area (Å²) in [5, 5.41) is 15.8. The summed E-state index contributed by atoms with van der Waals surface area (Å²) < 4.78 is 19.5. The van der Waals surface area contributed by atoms with E-state index in [-0.39, 0.29) is 6.61 Å². The molecule has 0 saturated carbocycles. The van der Waals surface area contributed by atoms with Crippen molar-refractivity contribution in [1.29, 1.82) is 0 Å². The summed E-state index contributed by atoms with van der Waals surface area (Å²) in [4.78, 5) is 2.25. The van der Waals surface area contributed by atoms with Gasteiger partial charge in [0.1, 0.15) is 35.7 Å². The molecule has 0 saturated heterocycles. The summed E-state index contributed by atoms with van der Waals surface area (Å²) in [7, 11) is 3.53. The van der Waals surface area contributed by atoms with Gasteiger partial charge in [0.25, 0.3) is 0 Å². The monoisotopic (exact) mass is 529 g/mol. The Morgan fingerprint density at radius 1 is 0.923 bits per heavy atom. The number of aliphatic hydroxyl groups is 1. The van der Waals surface area contributed by atoms with Crippen LogP contribution in [-0.2, 0) is 13.6 Å². The Labute approximate surface area is 231 Å². The zero-order valence-electron chi connectivity index (χ0n) is 23.5. The van der Waals surface area contributed by atoms with Gasteiger partial charge in [0.15, 0.2) is 0 Å². The largest absolute Gasteiger partial charge is 0.497 e. The van der Waals surface area contributed by atoms with Gasteiger partial charge in [-0.25, -0.2) is 4.68 Å². The number of hydrogen-bond acceptors (Lipinski definition) is 6. The van der Waals surface area contributed by atoms with Gasteiger partial charge in [0.2, 0.25) is 5.88 Å². The predicted octanol–water partition coefficient (Wildman–Crippen LogP) is 6.09. The number of ether oxygens (including phenoxy) is 3. The van der Waals surface area contributed by atoms with E-state index in [1.807, 2.05) is 80.7 Å². The highest BCUT2D eigenvalue weighted by Gasteiger charge is 2.24. The Hall–Kier alpha value is -3.81. The number of aryl methyl sites for hydroxylation is 2. The summed E-state index contributed by atoms with van der Waals surface area (Å²) in [6.07, 6.45) is -0.664. The van der Waals surface area contributed by atoms with Crippen LogP contribution in [0.2, 0.25) is 0 Å². The molecule has 1 heterocycles. The number of aromatic nitrogens is 2. The minimum atomic E-state index is -0.664. The van der Waals surface area contributed by atoms with E-state index in [9.17, 15) is 5.11 Å². The number of rotatable bonds is 13. The maximum atomic E-state index is 11.0. The number of para-hydroxylation sites is 1. The highest BCUT2D eigenvalue weighted by atomic mass is 16.5. The molecule has 1 aromatic heterocycles. The van der Waals surface area contributed by atoms with Crippen LogP contribution in [0.15, 0.2) is 78.9 Å². The van der Waals surface area contributed by atoms with Crippen LogP contribution in [-0.4, -0.2) is 52.7 Å². The summed E-state index contributed by atoms with van der Waals surface area (Å²) in [5.41, 5.74) is 3.87. The first kappa shape index (κ1) is 28.2. The van der Waals surface area contributed by atoms with Gasteiger partial charge in [-0.3, -0.25) is 4.90 Å². The molecule has 206 valence electrons. The molecule has 1 N–H and O–H groups in total. The van der Waals surface area contributed by atoms with E-state index >= 15 is 0 Å². The highest BCUT2D eigenvalue weighted by Crippen LogP contribution is 2.35. The molecule has 0 aliphatic rings. The van der Waals surface area contributed by atoms with Crippen molar-refractivity contribution in [1.82, 2.24) is 14.7 Å². The van der Waals surface area contributed by atoms with E-state index in [2.05, 4.69) is 30.9 Å². The Bertz CT molecular complexity index is 1340. The maximum Gasteiger partial charge on any atom is 0.222 e. The fraction of sp³-hybridized carbons (Fsp3) is 0.344. The summed E-state index contributed by atoms with van der Waals surface area (Å²) in [5.74, 6) is 3.23. The topological polar surface area (TPSA) is 69.0 Å². The summed E-state index contributed by atoms with van der Waals surface area (Å²) in [6, 6.07) is 25.5. The second-order valence-electron chi connectivity index (χ2n) is 10.2. The molecule has 0 spiro atoms. The number of nitrogens with zero attached hydrogens (tertiary/aromatic N) is 3. The van der Waals surface area contributed by atoms with Crippen molar-refractivity contribution in [3.63, 3.8) is 0 Å². The summed E-state index contributed by atoms with van der Waals surface area (Å²) in [6.45, 7) is 8.37. The standard InChI is InChI=1S/C32H39N3O4/c1-23(2)19-35(20-26(36)22-38-30-17-10-9-12-24(30)3)21-29-31(25-13-7-6-8-14-25)33-34(4)32(29)39-28-16-11-15-27(18-28)37-5/h6-18,23,26,36H,19-22H2,1-5H3/t26-/m1/s1. The van der Waals surface area contributed by atoms with Gasteiger partial charge in [0.05, 0.1) is 12.7 Å². The fourth-order valence-corrected chi connectivity index (χ4v) is 4.63. The van der Waals surface area contributed by atoms with Gasteiger partial charge in [-0.15, -0.1) is 0 Å². The molecule has 0 fully saturated rings. The molecular weight excluding hydrogens is 490 g/mol. The van der Waals surface area contributed by atoms with Crippen molar-refractivity contribution < 1.29 is 19.3 Å². The van der Waals surface area contributed by atoms with Crippen LogP contribution in [0.25, 0.3) is 11.3 Å². The molecule has 0 radical (unpaired) electrons. The van der Waals surface area contributed by atoms with Crippen LogP contribution in [0.4, 0.5) is 0 Å². The van der Waals surface area contributed by atoms with E-state index in [0.717, 1.165) is 40.4 Å². The summed E-state index contributed by atoms with van der Waals surface area (Å²) >= 11 is 0. The van der Waals surface area contributed by atoms with Crippen molar-refractivity contribution >= 4 is 0 Å². The number of aliphatic hydroxyl groups excluding tert-OH is 1. The SMILES string of the molecule is COc1cccc(Oc2c(CN(CC(C)C)C[C@@H](O)COc3ccccc3C)c(-c3ccccc3)nn2C)c1. The van der Waals surface area contributed by atoms with Gasteiger partial charge >= 0.3 is 0 Å². The van der Waals surface area contributed by atoms with Crippen molar-refractivity contribution in [3.05, 3.63) is 90.0 Å². The first-order valence-corrected chi connectivity index (χ1v) is 13.4. The Morgan fingerprint density at radius 2 is 1.64 bits per heavy atom. The molecule has 0 amide bonds. The highest BCUT2D eigenvalue weighted by molar-refractivity contribution is 5.65. The number of hydrogen-bond donors (Lipinski definition) is 1. The average molecular weight is 530 g/mol. The maximum absolute atomic E-state index is 11.0. The van der Waals surface area contributed by atoms with Crippen LogP contribution in [0.1, 0.15) is 25.0 Å². The lowest BCUT2D eigenvalue weighted by Crippen LogP contribution is -2.37. The minimum Gasteiger partial charge on any atom is -0.497 e. The molecule has 0 aliphatic heterocycles. The second kappa shape index (κ2) is 13.3. The predicted molar refractivity (Wildman–Crippen MR) is 155 cm³/mol. The zero-order chi connectivity index (χ0) is 27.8. The van der Waals surface area contributed by atoms with Crippen molar-refractivity contribution in [2.24, 2.45) is 13.0 Å². The molecule has 0 aliphatic carbocycles. The Balaban J connectivity index is 1.61. The minimum absolute atomic E-state index is 0.213. The van der Waals surface area contributed by atoms with Crippen molar-refractivity contribution in [3.8, 4) is 34.4 Å².